The van der Waals surface area contributed by atoms with Crippen molar-refractivity contribution < 1.29 is 27.0 Å². The van der Waals surface area contributed by atoms with E-state index in [1.807, 2.05) is 30.1 Å². The summed E-state index contributed by atoms with van der Waals surface area (Å²) < 4.78 is 62.5. The van der Waals surface area contributed by atoms with E-state index in [0.717, 1.165) is 29.2 Å². The lowest BCUT2D eigenvalue weighted by atomic mass is 10.1. The third-order valence-corrected chi connectivity index (χ3v) is 4.10. The second-order valence-corrected chi connectivity index (χ2v) is 6.31. The second-order valence-electron chi connectivity index (χ2n) is 6.31. The van der Waals surface area contributed by atoms with Crippen molar-refractivity contribution in [2.75, 3.05) is 26.8 Å². The van der Waals surface area contributed by atoms with Crippen molar-refractivity contribution in [3.63, 3.8) is 0 Å². The van der Waals surface area contributed by atoms with Crippen LogP contribution in [-0.2, 0) is 12.7 Å². The summed E-state index contributed by atoms with van der Waals surface area (Å²) in [5.41, 5.74) is 0.166. The Hall–Kier alpha value is -2.25. The number of rotatable bonds is 5. The van der Waals surface area contributed by atoms with Gasteiger partial charge in [-0.3, -0.25) is 4.90 Å². The molecule has 0 atom stereocenters. The zero-order valence-corrected chi connectivity index (χ0v) is 15.9. The minimum absolute atomic E-state index is 0. The van der Waals surface area contributed by atoms with E-state index >= 15 is 0 Å². The van der Waals surface area contributed by atoms with E-state index in [9.17, 15) is 17.6 Å². The molecule has 28 heavy (non-hydrogen) atoms. The SMILES string of the molecule is CN(C/C=C/c1ccc(C(F)(F)F)cc1F)Cc1ccc2c(c1)OCCO2.Cl. The van der Waals surface area contributed by atoms with Gasteiger partial charge >= 0.3 is 6.18 Å². The van der Waals surface area contributed by atoms with Crippen molar-refractivity contribution in [1.29, 1.82) is 0 Å². The van der Waals surface area contributed by atoms with E-state index in [4.69, 9.17) is 9.47 Å². The summed E-state index contributed by atoms with van der Waals surface area (Å²) in [4.78, 5) is 1.99. The molecule has 0 saturated heterocycles. The Morgan fingerprint density at radius 2 is 1.75 bits per heavy atom. The topological polar surface area (TPSA) is 21.7 Å². The van der Waals surface area contributed by atoms with Gasteiger partial charge in [0.05, 0.1) is 5.56 Å². The summed E-state index contributed by atoms with van der Waals surface area (Å²) in [6.45, 7) is 2.21. The number of hydrogen-bond donors (Lipinski definition) is 0. The molecule has 152 valence electrons. The first-order valence-electron chi connectivity index (χ1n) is 8.43. The Bertz CT molecular complexity index is 839. The van der Waals surface area contributed by atoms with Crippen LogP contribution in [0, 0.1) is 5.82 Å². The molecule has 0 aliphatic carbocycles. The average Bonchev–Trinajstić information content (AvgIpc) is 2.62. The van der Waals surface area contributed by atoms with Crippen molar-refractivity contribution in [3.8, 4) is 11.5 Å². The molecule has 1 heterocycles. The van der Waals surface area contributed by atoms with Crippen LogP contribution in [0.25, 0.3) is 6.08 Å². The molecule has 0 aromatic heterocycles. The van der Waals surface area contributed by atoms with Gasteiger partial charge in [-0.25, -0.2) is 4.39 Å². The van der Waals surface area contributed by atoms with E-state index in [2.05, 4.69) is 0 Å². The molecule has 0 spiro atoms. The molecule has 0 unspecified atom stereocenters. The largest absolute Gasteiger partial charge is 0.486 e. The molecule has 8 heteroatoms. The smallest absolute Gasteiger partial charge is 0.416 e. The fourth-order valence-corrected chi connectivity index (χ4v) is 2.76. The van der Waals surface area contributed by atoms with Crippen LogP contribution < -0.4 is 9.47 Å². The van der Waals surface area contributed by atoms with Crippen LogP contribution in [0.4, 0.5) is 17.6 Å². The number of nitrogens with zero attached hydrogens (tertiary/aromatic N) is 1. The van der Waals surface area contributed by atoms with Gasteiger partial charge in [0.15, 0.2) is 11.5 Å². The van der Waals surface area contributed by atoms with Crippen LogP contribution in [0.15, 0.2) is 42.5 Å². The summed E-state index contributed by atoms with van der Waals surface area (Å²) in [7, 11) is 1.89. The molecule has 2 aromatic carbocycles. The molecule has 1 aliphatic heterocycles. The number of halogens is 5. The predicted octanol–water partition coefficient (Wildman–Crippen LogP) is 5.18. The maximum Gasteiger partial charge on any atom is 0.416 e. The van der Waals surface area contributed by atoms with Crippen molar-refractivity contribution in [1.82, 2.24) is 4.90 Å². The number of benzene rings is 2. The molecule has 2 aromatic rings. The van der Waals surface area contributed by atoms with Crippen LogP contribution in [0.5, 0.6) is 11.5 Å². The lowest BCUT2D eigenvalue weighted by molar-refractivity contribution is -0.137. The Kier molecular flexibility index (Phi) is 7.32. The van der Waals surface area contributed by atoms with Crippen LogP contribution >= 0.6 is 12.4 Å². The van der Waals surface area contributed by atoms with Gasteiger partial charge in [0.1, 0.15) is 19.0 Å². The number of ether oxygens (including phenoxy) is 2. The highest BCUT2D eigenvalue weighted by molar-refractivity contribution is 5.85. The van der Waals surface area contributed by atoms with E-state index in [0.29, 0.717) is 32.4 Å². The molecular formula is C20H20ClF4NO2. The van der Waals surface area contributed by atoms with Gasteiger partial charge in [0, 0.05) is 18.7 Å². The summed E-state index contributed by atoms with van der Waals surface area (Å²) >= 11 is 0. The minimum Gasteiger partial charge on any atom is -0.486 e. The number of alkyl halides is 3. The lowest BCUT2D eigenvalue weighted by Crippen LogP contribution is -2.19. The molecule has 0 saturated carbocycles. The lowest BCUT2D eigenvalue weighted by Gasteiger charge is -2.20. The average molecular weight is 418 g/mol. The van der Waals surface area contributed by atoms with Crippen LogP contribution in [-0.4, -0.2) is 31.7 Å². The predicted molar refractivity (Wildman–Crippen MR) is 101 cm³/mol. The second kappa shape index (κ2) is 9.30. The monoisotopic (exact) mass is 417 g/mol. The van der Waals surface area contributed by atoms with E-state index < -0.39 is 17.6 Å². The standard InChI is InChI=1S/C20H19F4NO2.ClH/c1-25(13-14-4-7-18-19(11-14)27-10-9-26-18)8-2-3-15-5-6-16(12-17(15)21)20(22,23)24;/h2-7,11-12H,8-10,13H2,1H3;1H/b3-2+;. The Labute approximate surface area is 167 Å². The van der Waals surface area contributed by atoms with Crippen molar-refractivity contribution in [3.05, 3.63) is 65.0 Å². The highest BCUT2D eigenvalue weighted by Crippen LogP contribution is 2.31. The first kappa shape index (κ1) is 22.0. The van der Waals surface area contributed by atoms with E-state index in [-0.39, 0.29) is 18.0 Å². The zero-order valence-electron chi connectivity index (χ0n) is 15.1. The third kappa shape index (κ3) is 5.62. The van der Waals surface area contributed by atoms with Gasteiger partial charge in [-0.2, -0.15) is 13.2 Å². The molecule has 0 radical (unpaired) electrons. The highest BCUT2D eigenvalue weighted by atomic mass is 35.5. The first-order valence-corrected chi connectivity index (χ1v) is 8.43. The number of likely N-dealkylation sites (N-methyl/N-ethyl adjacent to an activating group) is 1. The van der Waals surface area contributed by atoms with Gasteiger partial charge in [0.25, 0.3) is 0 Å². The highest BCUT2D eigenvalue weighted by Gasteiger charge is 2.30. The van der Waals surface area contributed by atoms with Gasteiger partial charge in [-0.1, -0.05) is 24.3 Å². The molecule has 3 nitrogen and oxygen atoms in total. The van der Waals surface area contributed by atoms with Crippen LogP contribution in [0.1, 0.15) is 16.7 Å². The number of fused-ring (bicyclic) bond motifs is 1. The molecule has 3 rings (SSSR count). The molecule has 0 bridgehead atoms. The van der Waals surface area contributed by atoms with Crippen molar-refractivity contribution >= 4 is 18.5 Å². The van der Waals surface area contributed by atoms with Crippen molar-refractivity contribution in [2.24, 2.45) is 0 Å². The zero-order chi connectivity index (χ0) is 19.4. The molecular weight excluding hydrogens is 398 g/mol. The van der Waals surface area contributed by atoms with Gasteiger partial charge in [-0.15, -0.1) is 12.4 Å². The van der Waals surface area contributed by atoms with Crippen LogP contribution in [0.2, 0.25) is 0 Å². The van der Waals surface area contributed by atoms with E-state index in [1.54, 1.807) is 6.08 Å². The summed E-state index contributed by atoms with van der Waals surface area (Å²) in [6.07, 6.45) is -1.35. The van der Waals surface area contributed by atoms with E-state index in [1.165, 1.54) is 6.08 Å². The fraction of sp³-hybridized carbons (Fsp3) is 0.300. The molecule has 0 amide bonds. The van der Waals surface area contributed by atoms with Crippen molar-refractivity contribution in [2.45, 2.75) is 12.7 Å². The molecule has 0 fully saturated rings. The summed E-state index contributed by atoms with van der Waals surface area (Å²) in [5, 5.41) is 0. The van der Waals surface area contributed by atoms with Gasteiger partial charge in [0.2, 0.25) is 0 Å². The molecule has 0 N–H and O–H groups in total. The Morgan fingerprint density at radius 3 is 2.43 bits per heavy atom. The Balaban J connectivity index is 0.00000280. The number of hydrogen-bond acceptors (Lipinski definition) is 3. The first-order chi connectivity index (χ1) is 12.8. The van der Waals surface area contributed by atoms with Gasteiger partial charge < -0.3 is 9.47 Å². The summed E-state index contributed by atoms with van der Waals surface area (Å²) in [5.74, 6) is 0.551. The quantitative estimate of drug-likeness (QED) is 0.625. The summed E-state index contributed by atoms with van der Waals surface area (Å²) in [6, 6.07) is 8.26. The van der Waals surface area contributed by atoms with Crippen LogP contribution in [0.3, 0.4) is 0 Å². The maximum atomic E-state index is 13.8. The fourth-order valence-electron chi connectivity index (χ4n) is 2.76. The minimum atomic E-state index is -4.55. The maximum absolute atomic E-state index is 13.8. The van der Waals surface area contributed by atoms with Gasteiger partial charge in [-0.05, 0) is 36.9 Å². The Morgan fingerprint density at radius 1 is 1.04 bits per heavy atom. The third-order valence-electron chi connectivity index (χ3n) is 4.10. The molecule has 1 aliphatic rings. The normalized spacial score (nSPS) is 13.6.